The fraction of sp³-hybridized carbons (Fsp3) is 0.641. The summed E-state index contributed by atoms with van der Waals surface area (Å²) in [6, 6.07) is 3.55. The van der Waals surface area contributed by atoms with Crippen molar-refractivity contribution in [3.63, 3.8) is 0 Å². The fourth-order valence-electron chi connectivity index (χ4n) is 20.7. The predicted octanol–water partition coefficient (Wildman–Crippen LogP) is 3.60. The first-order valence-corrected chi connectivity index (χ1v) is 47.5. The molecule has 2 aromatic rings. The number of hydrogen-bond donors (Lipinski definition) is 13. The third-order valence-corrected chi connectivity index (χ3v) is 29.7. The molecule has 22 atom stereocenters. The van der Waals surface area contributed by atoms with Crippen molar-refractivity contribution in [2.24, 2.45) is 40.9 Å². The van der Waals surface area contributed by atoms with E-state index >= 15 is 43.2 Å². The van der Waals surface area contributed by atoms with Gasteiger partial charge in [0.1, 0.15) is 54.5 Å². The summed E-state index contributed by atoms with van der Waals surface area (Å²) in [5.74, 6) is -9.27. The maximum atomic E-state index is 15.8. The van der Waals surface area contributed by atoms with Gasteiger partial charge in [-0.3, -0.25) is 58.1 Å². The number of likely N-dealkylation sites (tertiary alicyclic amines) is 3. The number of carbonyl (C=O) groups is 13. The maximum Gasteiger partial charge on any atom is 0.407 e. The molecule has 5 aliphatic heterocycles. The SMILES string of the molecule is CO[C@@]1(C(=O)OCC(NC(=O)C2CSSCC(NC(=O)C(Cc3ccccc3)NC(=O)C3CCCN3C(=O)C3CCCN3C(=O)C3CCCN(C)C3)C(=O)NC(Cc3ccccc3)C(=O)NC(CC3=CNC4C=CC=CC34)C(=O)CNC(CCCCNC(=O)OC(C)(C)C)C(=O)NC(C(C)O)C(=O)N2)C(C)O)CCC2C3CCC4=CC(=O)CCC4C3C(O)CC21C. The van der Waals surface area contributed by atoms with Gasteiger partial charge in [-0.15, -0.1) is 0 Å². The number of hydrogen-bond acceptors (Lipinski definition) is 24. The molecule has 34 heteroatoms. The smallest absolute Gasteiger partial charge is 0.407 e. The number of aliphatic hydroxyl groups is 3. The van der Waals surface area contributed by atoms with E-state index in [1.165, 1.54) is 25.9 Å². The number of aliphatic hydroxyl groups excluding tert-OH is 3. The van der Waals surface area contributed by atoms with E-state index in [0.717, 1.165) is 45.7 Å². The highest BCUT2D eigenvalue weighted by molar-refractivity contribution is 8.76. The molecule has 5 heterocycles. The van der Waals surface area contributed by atoms with Gasteiger partial charge in [0.2, 0.25) is 53.2 Å². The predicted molar refractivity (Wildman–Crippen MR) is 472 cm³/mol. The minimum absolute atomic E-state index is 0.0145. The van der Waals surface area contributed by atoms with Crippen LogP contribution in [0.1, 0.15) is 162 Å². The van der Waals surface area contributed by atoms with Crippen molar-refractivity contribution in [2.45, 2.75) is 260 Å². The van der Waals surface area contributed by atoms with Crippen molar-refractivity contribution in [3.8, 4) is 0 Å². The molecule has 0 bridgehead atoms. The number of ketones is 2. The number of carbonyl (C=O) groups excluding carboxylic acids is 13. The lowest BCUT2D eigenvalue weighted by molar-refractivity contribution is -0.203. The van der Waals surface area contributed by atoms with Crippen LogP contribution in [0, 0.1) is 40.9 Å². The van der Waals surface area contributed by atoms with Crippen LogP contribution in [0.4, 0.5) is 4.79 Å². The van der Waals surface area contributed by atoms with Crippen molar-refractivity contribution >= 4 is 98.4 Å². The number of nitrogens with zero attached hydrogens (tertiary/aromatic N) is 3. The Morgan fingerprint density at radius 3 is 2.10 bits per heavy atom. The van der Waals surface area contributed by atoms with Crippen molar-refractivity contribution in [3.05, 3.63) is 120 Å². The number of ether oxygens (including phenoxy) is 3. The molecule has 12 rings (SSSR count). The van der Waals surface area contributed by atoms with Gasteiger partial charge >= 0.3 is 12.1 Å². The molecular formula is C92H129N13O19S2. The van der Waals surface area contributed by atoms with E-state index < -0.39 is 168 Å². The topological polar surface area (TPSA) is 440 Å². The highest BCUT2D eigenvalue weighted by Crippen LogP contribution is 2.66. The third-order valence-electron chi connectivity index (χ3n) is 27.3. The van der Waals surface area contributed by atoms with E-state index in [2.05, 4.69) is 58.1 Å². The molecule has 5 aliphatic carbocycles. The number of allylic oxidation sites excluding steroid dienone is 3. The van der Waals surface area contributed by atoms with Crippen molar-refractivity contribution in [1.29, 1.82) is 0 Å². The molecule has 2 aromatic carbocycles. The largest absolute Gasteiger partial charge is 0.461 e. The van der Waals surface area contributed by atoms with Crippen LogP contribution in [0.5, 0.6) is 0 Å². The lowest BCUT2D eigenvalue weighted by Gasteiger charge is -2.57. The number of piperidine rings is 1. The van der Waals surface area contributed by atoms with Crippen LogP contribution >= 0.6 is 21.6 Å². The van der Waals surface area contributed by atoms with Gasteiger partial charge < -0.3 is 92.1 Å². The number of unbranched alkanes of at least 4 members (excludes halogenated alkanes) is 1. The van der Waals surface area contributed by atoms with E-state index in [1.54, 1.807) is 98.6 Å². The number of fused-ring (bicyclic) bond motifs is 6. The van der Waals surface area contributed by atoms with Gasteiger partial charge in [0.05, 0.1) is 54.9 Å². The van der Waals surface area contributed by atoms with Gasteiger partial charge in [0.15, 0.2) is 17.2 Å². The summed E-state index contributed by atoms with van der Waals surface area (Å²) in [7, 11) is 5.27. The Morgan fingerprint density at radius 1 is 0.714 bits per heavy atom. The molecule has 7 fully saturated rings. The molecule has 126 heavy (non-hydrogen) atoms. The lowest BCUT2D eigenvalue weighted by atomic mass is 9.49. The highest BCUT2D eigenvalue weighted by Gasteiger charge is 2.69. The van der Waals surface area contributed by atoms with Crippen molar-refractivity contribution in [2.75, 3.05) is 71.5 Å². The lowest BCUT2D eigenvalue weighted by Crippen LogP contribution is -2.62. The van der Waals surface area contributed by atoms with Gasteiger partial charge in [0.25, 0.3) is 0 Å². The standard InChI is InChI=1S/C92H129N13O19S2/c1-53(106)70(50-123-88(120)92(122-8)37-36-64-63-34-32-57-44-60(108)33-35-62(57)77(63)75(109)46-91(64,92)6)99-83(115)72-52-126-125-51-71(100-81(113)69(43-56-24-13-10-14-25-56)98-84(116)73-30-20-40-104(73)87(119)74-31-21-41-105(74)86(118)58-26-19-39-103(7)49-58)82(114)97-68(42-55-22-11-9-12-23-55)80(112)96-67(45-59-47-94-65-28-16-15-27-61(59)65)76(110)48-95-66(79(111)102-78(54(2)107)85(117)101-72)29-17-18-38-93-89(121)124-90(3,4)5/h9-16,22-25,27-28,44,47,53-54,58,61-75,77-78,94-95,106-107,109H,17-21,26,29-43,45-46,48-52H2,1-8H3,(H,93,121)(H,96,112)(H,97,114)(H,98,116)(H,99,115)(H,100,113)(H,101,117)(H,102,111)/t53?,54?,58?,61?,62?,63?,64?,65?,66?,67?,68?,69?,70?,71?,72?,73?,74?,75?,77?,78?,91?,92-/m1/s1. The summed E-state index contributed by atoms with van der Waals surface area (Å²) in [6.07, 6.45) is 13.5. The number of esters is 1. The third kappa shape index (κ3) is 23.5. The monoisotopic (exact) mass is 1780 g/mol. The molecule has 0 radical (unpaired) electrons. The van der Waals surface area contributed by atoms with Gasteiger partial charge in [-0.05, 0) is 204 Å². The summed E-state index contributed by atoms with van der Waals surface area (Å²) in [5, 5.41) is 64.3. The first-order valence-electron chi connectivity index (χ1n) is 45.0. The average molecular weight is 1790 g/mol. The zero-order valence-corrected chi connectivity index (χ0v) is 75.2. The van der Waals surface area contributed by atoms with Crippen LogP contribution in [0.25, 0.3) is 0 Å². The van der Waals surface area contributed by atoms with Gasteiger partial charge in [0, 0.05) is 75.4 Å². The quantitative estimate of drug-likeness (QED) is 0.0384. The Hall–Kier alpha value is -9.03. The molecule has 13 N–H and O–H groups in total. The number of methoxy groups -OCH3 is 1. The normalized spacial score (nSPS) is 31.5. The van der Waals surface area contributed by atoms with Gasteiger partial charge in [-0.2, -0.15) is 0 Å². The molecular weight excluding hydrogens is 1660 g/mol. The molecule has 10 amide bonds. The molecule has 21 unspecified atom stereocenters. The summed E-state index contributed by atoms with van der Waals surface area (Å²) >= 11 is 0. The second kappa shape index (κ2) is 43.4. The zero-order chi connectivity index (χ0) is 90.3. The maximum absolute atomic E-state index is 15.8. The van der Waals surface area contributed by atoms with Crippen molar-refractivity contribution < 1.29 is 91.9 Å². The molecule has 0 aromatic heterocycles. The molecule has 3 saturated carbocycles. The van der Waals surface area contributed by atoms with Crippen LogP contribution < -0.4 is 53.2 Å². The molecule has 10 aliphatic rings. The van der Waals surface area contributed by atoms with Crippen LogP contribution in [0.15, 0.2) is 108 Å². The molecule has 32 nitrogen and oxygen atoms in total. The number of nitrogens with one attached hydrogen (secondary N) is 10. The van der Waals surface area contributed by atoms with Crippen LogP contribution in [0.3, 0.4) is 0 Å². The van der Waals surface area contributed by atoms with E-state index in [-0.39, 0.29) is 135 Å². The fourth-order valence-corrected chi connectivity index (χ4v) is 23.1. The Balaban J connectivity index is 0.845. The summed E-state index contributed by atoms with van der Waals surface area (Å²) in [4.78, 5) is 197. The summed E-state index contributed by atoms with van der Waals surface area (Å²) in [5.41, 5.74) is -0.312. The Morgan fingerprint density at radius 2 is 1.40 bits per heavy atom. The van der Waals surface area contributed by atoms with Crippen LogP contribution in [-0.2, 0) is 84.6 Å². The van der Waals surface area contributed by atoms with Crippen LogP contribution in [0.2, 0.25) is 0 Å². The van der Waals surface area contributed by atoms with Crippen molar-refractivity contribution in [1.82, 2.24) is 67.9 Å². The van der Waals surface area contributed by atoms with Gasteiger partial charge in [-0.1, -0.05) is 119 Å². The van der Waals surface area contributed by atoms with E-state index in [9.17, 15) is 34.5 Å². The number of rotatable bonds is 25. The Bertz CT molecular complexity index is 4400. The average Bonchev–Trinajstić information content (AvgIpc) is 1.51. The van der Waals surface area contributed by atoms with E-state index in [0.29, 0.717) is 88.4 Å². The second-order valence-corrected chi connectivity index (χ2v) is 39.7. The number of benzene rings is 2. The number of amides is 10. The second-order valence-electron chi connectivity index (χ2n) is 37.1. The minimum atomic E-state index is -1.82. The van der Waals surface area contributed by atoms with E-state index in [4.69, 9.17) is 14.2 Å². The minimum Gasteiger partial charge on any atom is -0.461 e. The summed E-state index contributed by atoms with van der Waals surface area (Å²) < 4.78 is 17.9. The first kappa shape index (κ1) is 96.1. The molecule has 688 valence electrons. The Labute approximate surface area is 745 Å². The highest BCUT2D eigenvalue weighted by atomic mass is 33.1. The molecule has 0 spiro atoms. The van der Waals surface area contributed by atoms with Gasteiger partial charge in [-0.25, -0.2) is 9.59 Å². The first-order chi connectivity index (χ1) is 60.2. The van der Waals surface area contributed by atoms with E-state index in [1.807, 2.05) is 38.3 Å². The number of Topliss-reactive ketones (excluding diaryl/α,β-unsaturated/α-hetero) is 1. The summed E-state index contributed by atoms with van der Waals surface area (Å²) in [6.45, 7) is 10.7. The number of alkyl carbamates (subject to hydrolysis) is 1. The van der Waals surface area contributed by atoms with Crippen LogP contribution in [-0.4, -0.2) is 274 Å². The Kier molecular flexibility index (Phi) is 33.1. The molecule has 4 saturated heterocycles. The zero-order valence-electron chi connectivity index (χ0n) is 73.6.